The lowest BCUT2D eigenvalue weighted by Gasteiger charge is -2.19. The van der Waals surface area contributed by atoms with Crippen LogP contribution in [-0.4, -0.2) is 19.3 Å². The lowest BCUT2D eigenvalue weighted by molar-refractivity contribution is 0.264. The number of hydrogen-bond acceptors (Lipinski definition) is 2. The van der Waals surface area contributed by atoms with Gasteiger partial charge in [0.25, 0.3) is 0 Å². The Morgan fingerprint density at radius 2 is 1.37 bits per heavy atom. The Bertz CT molecular complexity index is 1120. The molecule has 2 heteroatoms. The molecule has 0 saturated carbocycles. The van der Waals surface area contributed by atoms with Crippen LogP contribution in [0.15, 0.2) is 103 Å². The Labute approximate surface area is 177 Å². The molecule has 4 aromatic carbocycles. The maximum absolute atomic E-state index is 6.19. The van der Waals surface area contributed by atoms with Crippen molar-refractivity contribution in [3.05, 3.63) is 114 Å². The Morgan fingerprint density at radius 3 is 2.13 bits per heavy atom. The fourth-order valence-electron chi connectivity index (χ4n) is 3.89. The summed E-state index contributed by atoms with van der Waals surface area (Å²) in [5.41, 5.74) is 7.39. The van der Waals surface area contributed by atoms with E-state index in [0.717, 1.165) is 24.3 Å². The van der Waals surface area contributed by atoms with Crippen molar-refractivity contribution in [1.82, 2.24) is 0 Å². The summed E-state index contributed by atoms with van der Waals surface area (Å²) in [5.74, 6) is 0.908. The van der Waals surface area contributed by atoms with Gasteiger partial charge in [-0.3, -0.25) is 0 Å². The van der Waals surface area contributed by atoms with Gasteiger partial charge in [-0.15, -0.1) is 0 Å². The maximum atomic E-state index is 6.19. The highest BCUT2D eigenvalue weighted by atomic mass is 16.6. The van der Waals surface area contributed by atoms with Crippen molar-refractivity contribution in [1.29, 1.82) is 0 Å². The molecular formula is C28H24O2. The van der Waals surface area contributed by atoms with Crippen molar-refractivity contribution in [2.24, 2.45) is 0 Å². The summed E-state index contributed by atoms with van der Waals surface area (Å²) in [5, 5.41) is 0. The fraction of sp³-hybridized carbons (Fsp3) is 0.143. The number of hydrogen-bond donors (Lipinski definition) is 0. The first-order chi connectivity index (χ1) is 14.9. The predicted octanol–water partition coefficient (Wildman–Crippen LogP) is 6.39. The molecule has 1 aliphatic rings. The quantitative estimate of drug-likeness (QED) is 0.340. The Morgan fingerprint density at radius 1 is 0.700 bits per heavy atom. The lowest BCUT2D eigenvalue weighted by Crippen LogP contribution is -2.05. The van der Waals surface area contributed by atoms with Gasteiger partial charge in [0.05, 0.1) is 6.61 Å². The van der Waals surface area contributed by atoms with E-state index in [1.54, 1.807) is 0 Å². The fourth-order valence-corrected chi connectivity index (χ4v) is 3.89. The second-order valence-corrected chi connectivity index (χ2v) is 7.63. The standard InChI is InChI=1S/C28H24O2/c1-3-10-21(11-4-1)18-23-14-9-16-25(22-12-5-2-6-13-22)28(23)26-15-7-8-17-27(26)30-20-24-19-29-24/h1-17,24H,18-20H2. The third-order valence-electron chi connectivity index (χ3n) is 5.46. The van der Waals surface area contributed by atoms with E-state index in [9.17, 15) is 0 Å². The third-order valence-corrected chi connectivity index (χ3v) is 5.46. The summed E-state index contributed by atoms with van der Waals surface area (Å²) < 4.78 is 11.5. The molecular weight excluding hydrogens is 368 g/mol. The molecule has 0 amide bonds. The average molecular weight is 392 g/mol. The number of epoxide rings is 1. The molecule has 4 aromatic rings. The number of rotatable bonds is 7. The molecule has 5 rings (SSSR count). The third kappa shape index (κ3) is 4.14. The molecule has 0 N–H and O–H groups in total. The highest BCUT2D eigenvalue weighted by Crippen LogP contribution is 2.40. The molecule has 0 radical (unpaired) electrons. The highest BCUT2D eigenvalue weighted by molar-refractivity contribution is 5.88. The molecule has 1 unspecified atom stereocenters. The Hall–Kier alpha value is -3.36. The van der Waals surface area contributed by atoms with E-state index in [0.29, 0.717) is 6.61 Å². The molecule has 0 aliphatic carbocycles. The summed E-state index contributed by atoms with van der Waals surface area (Å²) in [6.45, 7) is 1.39. The van der Waals surface area contributed by atoms with Gasteiger partial charge in [-0.1, -0.05) is 97.1 Å². The van der Waals surface area contributed by atoms with E-state index < -0.39 is 0 Å². The van der Waals surface area contributed by atoms with Gasteiger partial charge in [0.2, 0.25) is 0 Å². The van der Waals surface area contributed by atoms with Gasteiger partial charge in [-0.2, -0.15) is 0 Å². The van der Waals surface area contributed by atoms with Crippen LogP contribution in [0.4, 0.5) is 0 Å². The molecule has 1 saturated heterocycles. The van der Waals surface area contributed by atoms with Crippen molar-refractivity contribution in [2.45, 2.75) is 12.5 Å². The van der Waals surface area contributed by atoms with E-state index in [1.807, 2.05) is 6.07 Å². The molecule has 148 valence electrons. The zero-order valence-electron chi connectivity index (χ0n) is 16.8. The largest absolute Gasteiger partial charge is 0.490 e. The van der Waals surface area contributed by atoms with Crippen LogP contribution >= 0.6 is 0 Å². The maximum Gasteiger partial charge on any atom is 0.127 e. The van der Waals surface area contributed by atoms with Gasteiger partial charge < -0.3 is 9.47 Å². The Balaban J connectivity index is 1.65. The summed E-state index contributed by atoms with van der Waals surface area (Å²) in [7, 11) is 0. The van der Waals surface area contributed by atoms with Crippen LogP contribution in [0.2, 0.25) is 0 Å². The number of ether oxygens (including phenoxy) is 2. The minimum atomic E-state index is 0.228. The smallest absolute Gasteiger partial charge is 0.127 e. The average Bonchev–Trinajstić information content (AvgIpc) is 3.64. The van der Waals surface area contributed by atoms with Crippen LogP contribution in [0.1, 0.15) is 11.1 Å². The molecule has 2 nitrogen and oxygen atoms in total. The summed E-state index contributed by atoms with van der Waals surface area (Å²) in [4.78, 5) is 0. The van der Waals surface area contributed by atoms with Crippen molar-refractivity contribution < 1.29 is 9.47 Å². The van der Waals surface area contributed by atoms with Crippen molar-refractivity contribution in [3.8, 4) is 28.0 Å². The molecule has 0 spiro atoms. The second-order valence-electron chi connectivity index (χ2n) is 7.63. The Kier molecular flexibility index (Phi) is 5.32. The van der Waals surface area contributed by atoms with E-state index in [1.165, 1.54) is 27.8 Å². The van der Waals surface area contributed by atoms with Gasteiger partial charge in [0.15, 0.2) is 0 Å². The van der Waals surface area contributed by atoms with Gasteiger partial charge in [0, 0.05) is 5.56 Å². The van der Waals surface area contributed by atoms with Crippen LogP contribution in [0, 0.1) is 0 Å². The molecule has 1 aliphatic heterocycles. The van der Waals surface area contributed by atoms with E-state index in [2.05, 4.69) is 97.1 Å². The first-order valence-corrected chi connectivity index (χ1v) is 10.4. The van der Waals surface area contributed by atoms with Crippen LogP contribution in [0.3, 0.4) is 0 Å². The summed E-state index contributed by atoms with van der Waals surface area (Å²) >= 11 is 0. The molecule has 1 atom stereocenters. The van der Waals surface area contributed by atoms with E-state index >= 15 is 0 Å². The summed E-state index contributed by atoms with van der Waals surface area (Å²) in [6, 6.07) is 36.2. The van der Waals surface area contributed by atoms with Gasteiger partial charge in [-0.05, 0) is 40.3 Å². The molecule has 0 bridgehead atoms. The topological polar surface area (TPSA) is 21.8 Å². The first-order valence-electron chi connectivity index (χ1n) is 10.4. The SMILES string of the molecule is c1ccc(Cc2cccc(-c3ccccc3)c2-c2ccccc2OCC2CO2)cc1. The molecule has 1 fully saturated rings. The zero-order chi connectivity index (χ0) is 20.2. The minimum absolute atomic E-state index is 0.228. The van der Waals surface area contributed by atoms with Crippen LogP contribution in [0.25, 0.3) is 22.3 Å². The predicted molar refractivity (Wildman–Crippen MR) is 122 cm³/mol. The zero-order valence-corrected chi connectivity index (χ0v) is 16.8. The van der Waals surface area contributed by atoms with Crippen LogP contribution < -0.4 is 4.74 Å². The normalized spacial score (nSPS) is 15.0. The van der Waals surface area contributed by atoms with Gasteiger partial charge in [0.1, 0.15) is 18.5 Å². The first kappa shape index (κ1) is 18.7. The lowest BCUT2D eigenvalue weighted by atomic mass is 9.87. The van der Waals surface area contributed by atoms with Gasteiger partial charge in [-0.25, -0.2) is 0 Å². The molecule has 0 aromatic heterocycles. The number of para-hydroxylation sites is 1. The highest BCUT2D eigenvalue weighted by Gasteiger charge is 2.24. The molecule has 30 heavy (non-hydrogen) atoms. The monoisotopic (exact) mass is 392 g/mol. The van der Waals surface area contributed by atoms with E-state index in [-0.39, 0.29) is 6.10 Å². The van der Waals surface area contributed by atoms with Crippen molar-refractivity contribution in [3.63, 3.8) is 0 Å². The van der Waals surface area contributed by atoms with Gasteiger partial charge >= 0.3 is 0 Å². The van der Waals surface area contributed by atoms with Crippen molar-refractivity contribution in [2.75, 3.05) is 13.2 Å². The number of benzene rings is 4. The minimum Gasteiger partial charge on any atom is -0.490 e. The second kappa shape index (κ2) is 8.56. The van der Waals surface area contributed by atoms with E-state index in [4.69, 9.17) is 9.47 Å². The van der Waals surface area contributed by atoms with Crippen LogP contribution in [-0.2, 0) is 11.2 Å². The van der Waals surface area contributed by atoms with Crippen molar-refractivity contribution >= 4 is 0 Å². The summed E-state index contributed by atoms with van der Waals surface area (Å²) in [6.07, 6.45) is 1.10. The van der Waals surface area contributed by atoms with Crippen LogP contribution in [0.5, 0.6) is 5.75 Å². The molecule has 1 heterocycles.